The van der Waals surface area contributed by atoms with Gasteiger partial charge in [-0.05, 0) is 70.8 Å². The largest absolute Gasteiger partial charge is 0.300 e. The van der Waals surface area contributed by atoms with Crippen LogP contribution in [0.2, 0.25) is 18.1 Å². The minimum atomic E-state index is -2.45. The van der Waals surface area contributed by atoms with Crippen molar-refractivity contribution in [3.8, 4) is 11.1 Å². The van der Waals surface area contributed by atoms with Gasteiger partial charge in [0, 0.05) is 11.1 Å². The second-order valence-corrected chi connectivity index (χ2v) is 23.5. The molecule has 0 aliphatic rings. The van der Waals surface area contributed by atoms with E-state index < -0.39 is 23.9 Å². The van der Waals surface area contributed by atoms with Gasteiger partial charge in [0.25, 0.3) is 0 Å². The van der Waals surface area contributed by atoms with E-state index in [9.17, 15) is 0 Å². The minimum absolute atomic E-state index is 0.101. The zero-order valence-electron chi connectivity index (χ0n) is 28.8. The van der Waals surface area contributed by atoms with Crippen molar-refractivity contribution in [1.29, 1.82) is 0 Å². The van der Waals surface area contributed by atoms with E-state index in [1.54, 1.807) is 0 Å². The van der Waals surface area contributed by atoms with Crippen molar-refractivity contribution in [2.45, 2.75) is 45.8 Å². The zero-order valence-corrected chi connectivity index (χ0v) is 31.6. The average Bonchev–Trinajstić information content (AvgIpc) is 3.10. The van der Waals surface area contributed by atoms with Crippen LogP contribution in [0.3, 0.4) is 0 Å². The molecule has 4 heteroatoms. The van der Waals surface area contributed by atoms with Crippen LogP contribution >= 0.6 is 15.8 Å². The third-order valence-corrected chi connectivity index (χ3v) is 19.9. The van der Waals surface area contributed by atoms with Gasteiger partial charge in [-0.2, -0.15) is 0 Å². The molecule has 0 aliphatic heterocycles. The standard InChI is InChI=1S/C44H44OP2Si/c1-33-21-19-31-39(46(34-22-11-7-12-23-34)35-24-13-8-14-25-35)41(33)42-38(43(45)48(5,6)44(2,3)4)30-20-32-40(42)47(36-26-15-9-16-27-36)37-28-17-10-18-29-37/h7-32H,1-6H3. The third kappa shape index (κ3) is 6.68. The van der Waals surface area contributed by atoms with Crippen LogP contribution in [-0.4, -0.2) is 13.5 Å². The fraction of sp³-hybridized carbons (Fsp3) is 0.159. The second kappa shape index (κ2) is 14.3. The van der Waals surface area contributed by atoms with Crippen LogP contribution in [0, 0.1) is 6.92 Å². The molecule has 0 amide bonds. The van der Waals surface area contributed by atoms with E-state index in [4.69, 9.17) is 0 Å². The maximum atomic E-state index is 15.2. The number of carbonyl (C=O) groups is 1. The normalized spacial score (nSPS) is 12.0. The number of carbonyl (C=O) groups excluding carboxylic acids is 1. The minimum Gasteiger partial charge on any atom is -0.300 e. The van der Waals surface area contributed by atoms with Crippen molar-refractivity contribution in [2.75, 3.05) is 0 Å². The molecule has 6 aromatic carbocycles. The summed E-state index contributed by atoms with van der Waals surface area (Å²) in [6, 6.07) is 56.9. The van der Waals surface area contributed by atoms with E-state index >= 15 is 4.79 Å². The molecule has 0 heterocycles. The molecule has 0 saturated carbocycles. The van der Waals surface area contributed by atoms with Crippen molar-refractivity contribution >= 4 is 61.2 Å². The Balaban J connectivity index is 1.74. The summed E-state index contributed by atoms with van der Waals surface area (Å²) in [6.45, 7) is 13.5. The van der Waals surface area contributed by atoms with Gasteiger partial charge in [-0.3, -0.25) is 0 Å². The topological polar surface area (TPSA) is 17.1 Å². The number of rotatable bonds is 9. The quantitative estimate of drug-likeness (QED) is 0.110. The van der Waals surface area contributed by atoms with Crippen LogP contribution in [-0.2, 0) is 0 Å². The highest BCUT2D eigenvalue weighted by Crippen LogP contribution is 2.45. The maximum Gasteiger partial charge on any atom is 0.141 e. The first-order valence-corrected chi connectivity index (χ1v) is 22.4. The molecule has 6 rings (SSSR count). The molecule has 0 bridgehead atoms. The zero-order chi connectivity index (χ0) is 33.9. The Hall–Kier alpha value is -3.93. The fourth-order valence-electron chi connectivity index (χ4n) is 6.18. The van der Waals surface area contributed by atoms with Crippen molar-refractivity contribution in [1.82, 2.24) is 0 Å². The molecule has 0 fully saturated rings. The van der Waals surface area contributed by atoms with Crippen LogP contribution in [0.1, 0.15) is 36.7 Å². The van der Waals surface area contributed by atoms with Crippen molar-refractivity contribution in [2.24, 2.45) is 0 Å². The Morgan fingerprint density at radius 3 is 1.21 bits per heavy atom. The number of aryl methyl sites for hydroxylation is 1. The summed E-state index contributed by atoms with van der Waals surface area (Å²) in [5, 5.41) is 7.90. The molecule has 0 spiro atoms. The molecule has 1 nitrogen and oxygen atoms in total. The van der Waals surface area contributed by atoms with Gasteiger partial charge in [0.2, 0.25) is 0 Å². The van der Waals surface area contributed by atoms with E-state index in [0.717, 1.165) is 11.1 Å². The highest BCUT2D eigenvalue weighted by molar-refractivity contribution is 7.80. The molecule has 6 aromatic rings. The number of hydrogen-bond acceptors (Lipinski definition) is 1. The summed E-state index contributed by atoms with van der Waals surface area (Å²) in [7, 11) is -4.35. The summed E-state index contributed by atoms with van der Waals surface area (Å²) in [5.41, 5.74) is 4.37. The van der Waals surface area contributed by atoms with Gasteiger partial charge in [0.05, 0.1) is 0 Å². The molecule has 0 unspecified atom stereocenters. The third-order valence-electron chi connectivity index (χ3n) is 9.77. The number of hydrogen-bond donors (Lipinski definition) is 0. The Labute approximate surface area is 290 Å². The van der Waals surface area contributed by atoms with Crippen LogP contribution in [0.25, 0.3) is 11.1 Å². The van der Waals surface area contributed by atoms with E-state index in [1.807, 2.05) is 0 Å². The first-order valence-electron chi connectivity index (χ1n) is 16.7. The molecule has 0 saturated heterocycles. The van der Waals surface area contributed by atoms with Gasteiger partial charge in [0.15, 0.2) is 0 Å². The van der Waals surface area contributed by atoms with Gasteiger partial charge < -0.3 is 4.79 Å². The van der Waals surface area contributed by atoms with Crippen molar-refractivity contribution in [3.05, 3.63) is 169 Å². The lowest BCUT2D eigenvalue weighted by molar-refractivity contribution is 0.106. The molecule has 48 heavy (non-hydrogen) atoms. The van der Waals surface area contributed by atoms with Crippen LogP contribution in [0.15, 0.2) is 158 Å². The fourth-order valence-corrected chi connectivity index (χ4v) is 12.8. The van der Waals surface area contributed by atoms with Crippen LogP contribution in [0.4, 0.5) is 0 Å². The first kappa shape index (κ1) is 33.9. The Morgan fingerprint density at radius 2 is 0.833 bits per heavy atom. The lowest BCUT2D eigenvalue weighted by atomic mass is 9.96. The molecule has 0 aliphatic carbocycles. The molecule has 0 N–H and O–H groups in total. The van der Waals surface area contributed by atoms with E-state index in [1.165, 1.54) is 43.0 Å². The number of benzene rings is 6. The molecular weight excluding hydrogens is 635 g/mol. The van der Waals surface area contributed by atoms with Gasteiger partial charge in [-0.25, -0.2) is 0 Å². The highest BCUT2D eigenvalue weighted by Gasteiger charge is 2.44. The summed E-state index contributed by atoms with van der Waals surface area (Å²) in [5.74, 6) is 0. The smallest absolute Gasteiger partial charge is 0.141 e. The second-order valence-electron chi connectivity index (χ2n) is 13.9. The van der Waals surface area contributed by atoms with Gasteiger partial charge in [-0.15, -0.1) is 0 Å². The predicted molar refractivity (Wildman–Crippen MR) is 216 cm³/mol. The van der Waals surface area contributed by atoms with Crippen molar-refractivity contribution < 1.29 is 4.79 Å². The van der Waals surface area contributed by atoms with Crippen LogP contribution in [0.5, 0.6) is 0 Å². The SMILES string of the molecule is Cc1cccc(P(c2ccccc2)c2ccccc2)c1-c1c(C(=O)[Si](C)(C)C(C)(C)C)cccc1P(c1ccccc1)c1ccccc1. The molecular formula is C44H44OP2Si. The predicted octanol–water partition coefficient (Wildman–Crippen LogP) is 9.41. The summed E-state index contributed by atoms with van der Waals surface area (Å²) in [4.78, 5) is 15.2. The highest BCUT2D eigenvalue weighted by atomic mass is 31.1. The Bertz CT molecular complexity index is 1920. The monoisotopic (exact) mass is 678 g/mol. The molecule has 0 aromatic heterocycles. The van der Waals surface area contributed by atoms with E-state index in [2.05, 4.69) is 199 Å². The van der Waals surface area contributed by atoms with E-state index in [0.29, 0.717) is 5.41 Å². The Morgan fingerprint density at radius 1 is 0.479 bits per heavy atom. The van der Waals surface area contributed by atoms with Gasteiger partial charge in [0.1, 0.15) is 13.5 Å². The lowest BCUT2D eigenvalue weighted by Gasteiger charge is -2.36. The molecule has 0 atom stereocenters. The van der Waals surface area contributed by atoms with Gasteiger partial charge in [-0.1, -0.05) is 192 Å². The maximum absolute atomic E-state index is 15.2. The molecule has 0 radical (unpaired) electrons. The molecule has 240 valence electrons. The van der Waals surface area contributed by atoms with E-state index in [-0.39, 0.29) is 5.04 Å². The first-order chi connectivity index (χ1) is 23.1. The Kier molecular flexibility index (Phi) is 10.1. The lowest BCUT2D eigenvalue weighted by Crippen LogP contribution is -2.46. The van der Waals surface area contributed by atoms with Crippen LogP contribution < -0.4 is 31.8 Å². The summed E-state index contributed by atoms with van der Waals surface area (Å²) in [6.07, 6.45) is 0. The summed E-state index contributed by atoms with van der Waals surface area (Å²) < 4.78 is 0. The van der Waals surface area contributed by atoms with Gasteiger partial charge >= 0.3 is 0 Å². The van der Waals surface area contributed by atoms with Crippen molar-refractivity contribution in [3.63, 3.8) is 0 Å². The summed E-state index contributed by atoms with van der Waals surface area (Å²) >= 11 is 0. The average molecular weight is 679 g/mol.